The van der Waals surface area contributed by atoms with Crippen LogP contribution >= 0.6 is 11.8 Å². The van der Waals surface area contributed by atoms with Crippen molar-refractivity contribution in [2.75, 3.05) is 16.4 Å². The first-order valence-electron chi connectivity index (χ1n) is 14.0. The van der Waals surface area contributed by atoms with E-state index < -0.39 is 0 Å². The van der Waals surface area contributed by atoms with Crippen LogP contribution in [-0.2, 0) is 21.4 Å². The Hall–Kier alpha value is -4.17. The summed E-state index contributed by atoms with van der Waals surface area (Å²) in [5.74, 6) is -0.286. The zero-order chi connectivity index (χ0) is 28.6. The Balaban J connectivity index is 1.38. The van der Waals surface area contributed by atoms with E-state index in [1.807, 2.05) is 37.3 Å². The number of hydrogen-bond acceptors (Lipinski definition) is 5. The molecule has 1 aromatic heterocycles. The molecule has 3 aromatic carbocycles. The highest BCUT2D eigenvalue weighted by atomic mass is 32.2. The Kier molecular flexibility index (Phi) is 7.26. The average Bonchev–Trinajstić information content (AvgIpc) is 3.41. The second-order valence-corrected chi connectivity index (χ2v) is 12.0. The molecule has 1 saturated carbocycles. The maximum Gasteiger partial charge on any atom is 0.263 e. The van der Waals surface area contributed by atoms with E-state index >= 15 is 0 Å². The number of nitrogens with zero attached hydrogens (tertiary/aromatic N) is 2. The number of anilines is 2. The standard InChI is InChI=1S/C33H32N4O3S/c1-21-8-7-10-26(18-21)37-31(40)29-30(27-11-4-3-9-23(27)19-33(29)16-5-6-17-33)36-32(37)41-20-28(39)35-25-14-12-24(13-15-25)34-22(2)38/h3-4,7-15,18H,5-6,16-17,19-20H2,1-2H3,(H,34,38)(H,35,39). The van der Waals surface area contributed by atoms with Crippen LogP contribution in [0.15, 0.2) is 82.7 Å². The molecule has 1 fully saturated rings. The maximum absolute atomic E-state index is 14.5. The lowest BCUT2D eigenvalue weighted by atomic mass is 9.68. The van der Waals surface area contributed by atoms with Gasteiger partial charge < -0.3 is 10.6 Å². The highest BCUT2D eigenvalue weighted by Gasteiger charge is 2.44. The van der Waals surface area contributed by atoms with Crippen molar-refractivity contribution < 1.29 is 9.59 Å². The quantitative estimate of drug-likeness (QED) is 0.213. The van der Waals surface area contributed by atoms with Crippen LogP contribution < -0.4 is 16.2 Å². The van der Waals surface area contributed by atoms with Gasteiger partial charge in [-0.2, -0.15) is 0 Å². The number of aromatic nitrogens is 2. The SMILES string of the molecule is CC(=O)Nc1ccc(NC(=O)CSc2nc3c(c(=O)n2-c2cccc(C)c2)C2(CCCC2)Cc2ccccc2-3)cc1. The van der Waals surface area contributed by atoms with Gasteiger partial charge >= 0.3 is 0 Å². The Morgan fingerprint density at radius 1 is 0.951 bits per heavy atom. The van der Waals surface area contributed by atoms with Gasteiger partial charge in [-0.3, -0.25) is 19.0 Å². The molecule has 2 aliphatic carbocycles. The molecule has 0 aliphatic heterocycles. The van der Waals surface area contributed by atoms with Crippen molar-refractivity contribution in [3.8, 4) is 16.9 Å². The molecule has 6 rings (SSSR count). The summed E-state index contributed by atoms with van der Waals surface area (Å²) in [5.41, 5.74) is 6.68. The number of aryl methyl sites for hydroxylation is 1. The normalized spacial score (nSPS) is 14.8. The third-order valence-corrected chi connectivity index (χ3v) is 8.96. The number of amides is 2. The van der Waals surface area contributed by atoms with E-state index in [2.05, 4.69) is 28.8 Å². The Morgan fingerprint density at radius 2 is 1.66 bits per heavy atom. The number of carbonyl (C=O) groups excluding carboxylic acids is 2. The Bertz CT molecular complexity index is 1700. The Labute approximate surface area is 243 Å². The van der Waals surface area contributed by atoms with E-state index in [9.17, 15) is 14.4 Å². The molecule has 208 valence electrons. The topological polar surface area (TPSA) is 93.1 Å². The van der Waals surface area contributed by atoms with Crippen LogP contribution in [-0.4, -0.2) is 27.1 Å². The lowest BCUT2D eigenvalue weighted by molar-refractivity contribution is -0.114. The van der Waals surface area contributed by atoms with E-state index in [4.69, 9.17) is 4.98 Å². The highest BCUT2D eigenvalue weighted by Crippen LogP contribution is 2.50. The van der Waals surface area contributed by atoms with E-state index in [1.54, 1.807) is 28.8 Å². The van der Waals surface area contributed by atoms with E-state index in [1.165, 1.54) is 24.2 Å². The summed E-state index contributed by atoms with van der Waals surface area (Å²) in [4.78, 5) is 44.0. The molecule has 0 bridgehead atoms. The average molecular weight is 565 g/mol. The fraction of sp³-hybridized carbons (Fsp3) is 0.273. The number of hydrogen-bond donors (Lipinski definition) is 2. The number of fused-ring (bicyclic) bond motifs is 4. The minimum atomic E-state index is -0.210. The molecule has 1 heterocycles. The van der Waals surface area contributed by atoms with Crippen LogP contribution in [0.3, 0.4) is 0 Å². The van der Waals surface area contributed by atoms with Crippen LogP contribution in [0.5, 0.6) is 0 Å². The molecule has 0 unspecified atom stereocenters. The van der Waals surface area contributed by atoms with Crippen molar-refractivity contribution in [1.82, 2.24) is 9.55 Å². The maximum atomic E-state index is 14.5. The summed E-state index contributed by atoms with van der Waals surface area (Å²) >= 11 is 1.26. The van der Waals surface area contributed by atoms with Crippen molar-refractivity contribution in [1.29, 1.82) is 0 Å². The van der Waals surface area contributed by atoms with Gasteiger partial charge in [0.1, 0.15) is 0 Å². The van der Waals surface area contributed by atoms with E-state index in [-0.39, 0.29) is 28.5 Å². The van der Waals surface area contributed by atoms with Gasteiger partial charge in [-0.15, -0.1) is 0 Å². The molecule has 0 saturated heterocycles. The molecule has 8 heteroatoms. The van der Waals surface area contributed by atoms with Gasteiger partial charge in [0.15, 0.2) is 5.16 Å². The third-order valence-electron chi connectivity index (χ3n) is 8.03. The Morgan fingerprint density at radius 3 is 2.37 bits per heavy atom. The van der Waals surface area contributed by atoms with Crippen LogP contribution in [0, 0.1) is 6.92 Å². The molecular weight excluding hydrogens is 532 g/mol. The summed E-state index contributed by atoms with van der Waals surface area (Å²) in [5, 5.41) is 6.12. The molecule has 2 aliphatic rings. The fourth-order valence-corrected chi connectivity index (χ4v) is 7.08. The van der Waals surface area contributed by atoms with E-state index in [0.717, 1.165) is 60.2 Å². The number of benzene rings is 3. The third kappa shape index (κ3) is 5.32. The number of thioether (sulfide) groups is 1. The van der Waals surface area contributed by atoms with Gasteiger partial charge in [0.2, 0.25) is 11.8 Å². The minimum absolute atomic E-state index is 0.0338. The van der Waals surface area contributed by atoms with Gasteiger partial charge in [0.25, 0.3) is 5.56 Å². The van der Waals surface area contributed by atoms with Gasteiger partial charge in [-0.1, -0.05) is 61.0 Å². The zero-order valence-corrected chi connectivity index (χ0v) is 24.0. The monoisotopic (exact) mass is 564 g/mol. The number of carbonyl (C=O) groups is 2. The summed E-state index contributed by atoms with van der Waals surface area (Å²) in [6, 6.07) is 23.1. The second-order valence-electron chi connectivity index (χ2n) is 11.0. The molecule has 1 spiro atoms. The molecular formula is C33H32N4O3S. The van der Waals surface area contributed by atoms with Crippen molar-refractivity contribution >= 4 is 35.0 Å². The molecule has 7 nitrogen and oxygen atoms in total. The summed E-state index contributed by atoms with van der Waals surface area (Å²) in [6.45, 7) is 3.46. The van der Waals surface area contributed by atoms with Crippen LogP contribution in [0.4, 0.5) is 11.4 Å². The molecule has 0 radical (unpaired) electrons. The fourth-order valence-electron chi connectivity index (χ4n) is 6.27. The largest absolute Gasteiger partial charge is 0.326 e. The van der Waals surface area contributed by atoms with Gasteiger partial charge in [0, 0.05) is 29.3 Å². The summed E-state index contributed by atoms with van der Waals surface area (Å²) < 4.78 is 1.71. The first-order valence-corrected chi connectivity index (χ1v) is 14.9. The van der Waals surface area contributed by atoms with Crippen LogP contribution in [0.25, 0.3) is 16.9 Å². The van der Waals surface area contributed by atoms with E-state index in [0.29, 0.717) is 16.5 Å². The predicted octanol–water partition coefficient (Wildman–Crippen LogP) is 6.27. The van der Waals surface area contributed by atoms with Gasteiger partial charge in [-0.05, 0) is 73.7 Å². The van der Waals surface area contributed by atoms with Gasteiger partial charge in [0.05, 0.1) is 22.7 Å². The second kappa shape index (κ2) is 11.0. The molecule has 2 amide bonds. The smallest absolute Gasteiger partial charge is 0.263 e. The van der Waals surface area contributed by atoms with Crippen molar-refractivity contribution in [2.24, 2.45) is 0 Å². The van der Waals surface area contributed by atoms with Crippen molar-refractivity contribution in [3.05, 3.63) is 99.8 Å². The van der Waals surface area contributed by atoms with Crippen LogP contribution in [0.1, 0.15) is 49.3 Å². The first kappa shape index (κ1) is 27.0. The summed E-state index contributed by atoms with van der Waals surface area (Å²) in [7, 11) is 0. The predicted molar refractivity (Wildman–Crippen MR) is 164 cm³/mol. The molecule has 41 heavy (non-hydrogen) atoms. The van der Waals surface area contributed by atoms with Crippen LogP contribution in [0.2, 0.25) is 0 Å². The lowest BCUT2D eigenvalue weighted by Crippen LogP contribution is -2.40. The highest BCUT2D eigenvalue weighted by molar-refractivity contribution is 7.99. The van der Waals surface area contributed by atoms with Crippen molar-refractivity contribution in [2.45, 2.75) is 56.5 Å². The first-order chi connectivity index (χ1) is 19.8. The minimum Gasteiger partial charge on any atom is -0.326 e. The summed E-state index contributed by atoms with van der Waals surface area (Å²) in [6.07, 6.45) is 5.03. The van der Waals surface area contributed by atoms with Gasteiger partial charge in [-0.25, -0.2) is 4.98 Å². The number of nitrogens with one attached hydrogen (secondary N) is 2. The molecule has 0 atom stereocenters. The lowest BCUT2D eigenvalue weighted by Gasteiger charge is -2.36. The molecule has 2 N–H and O–H groups in total. The molecule has 4 aromatic rings. The zero-order valence-electron chi connectivity index (χ0n) is 23.2. The number of rotatable bonds is 6. The van der Waals surface area contributed by atoms with Crippen molar-refractivity contribution in [3.63, 3.8) is 0 Å².